The summed E-state index contributed by atoms with van der Waals surface area (Å²) in [5, 5.41) is 5.00. The normalized spacial score (nSPS) is 14.9. The summed E-state index contributed by atoms with van der Waals surface area (Å²) in [6, 6.07) is 8.85. The summed E-state index contributed by atoms with van der Waals surface area (Å²) in [5.41, 5.74) is 1.52. The molecule has 32 heavy (non-hydrogen) atoms. The van der Waals surface area contributed by atoms with E-state index >= 15 is 0 Å². The molecule has 1 aliphatic rings. The van der Waals surface area contributed by atoms with Crippen molar-refractivity contribution in [1.82, 2.24) is 10.2 Å². The Morgan fingerprint density at radius 3 is 2.34 bits per heavy atom. The Bertz CT molecular complexity index is 1020. The van der Waals surface area contributed by atoms with Gasteiger partial charge in [0, 0.05) is 25.2 Å². The van der Waals surface area contributed by atoms with Crippen LogP contribution in [0.15, 0.2) is 42.5 Å². The molecule has 0 aliphatic carbocycles. The van der Waals surface area contributed by atoms with Crippen LogP contribution in [0.1, 0.15) is 41.1 Å². The van der Waals surface area contributed by atoms with E-state index in [0.29, 0.717) is 25.1 Å². The van der Waals surface area contributed by atoms with Gasteiger partial charge in [-0.05, 0) is 61.2 Å². The SMILES string of the molecule is Cc1cc(C)cc(NC(=O)C(=O)NC(CN2CCCC2=O)c2cccc(C(F)(F)F)c2)c1. The van der Waals surface area contributed by atoms with Crippen LogP contribution in [0.25, 0.3) is 0 Å². The van der Waals surface area contributed by atoms with Gasteiger partial charge >= 0.3 is 18.0 Å². The fourth-order valence-electron chi connectivity index (χ4n) is 3.74. The van der Waals surface area contributed by atoms with Gasteiger partial charge in [-0.15, -0.1) is 0 Å². The average Bonchev–Trinajstić information content (AvgIpc) is 3.10. The number of carbonyl (C=O) groups is 3. The second-order valence-electron chi connectivity index (χ2n) is 7.92. The minimum Gasteiger partial charge on any atom is -0.340 e. The van der Waals surface area contributed by atoms with Crippen LogP contribution in [0.2, 0.25) is 0 Å². The van der Waals surface area contributed by atoms with Gasteiger partial charge in [-0.1, -0.05) is 18.2 Å². The molecule has 170 valence electrons. The predicted molar refractivity (Wildman–Crippen MR) is 113 cm³/mol. The van der Waals surface area contributed by atoms with Gasteiger partial charge in [-0.2, -0.15) is 13.2 Å². The number of alkyl halides is 3. The average molecular weight is 447 g/mol. The van der Waals surface area contributed by atoms with Gasteiger partial charge in [0.25, 0.3) is 0 Å². The van der Waals surface area contributed by atoms with E-state index in [1.165, 1.54) is 17.0 Å². The van der Waals surface area contributed by atoms with Crippen LogP contribution in [0.3, 0.4) is 0 Å². The first-order valence-electron chi connectivity index (χ1n) is 10.2. The van der Waals surface area contributed by atoms with Crippen molar-refractivity contribution in [2.45, 2.75) is 38.9 Å². The summed E-state index contributed by atoms with van der Waals surface area (Å²) in [6.07, 6.45) is -3.58. The van der Waals surface area contributed by atoms with Gasteiger partial charge in [-0.3, -0.25) is 14.4 Å². The number of carbonyl (C=O) groups excluding carboxylic acids is 3. The molecule has 9 heteroatoms. The van der Waals surface area contributed by atoms with E-state index in [2.05, 4.69) is 10.6 Å². The lowest BCUT2D eigenvalue weighted by Gasteiger charge is -2.25. The standard InChI is InChI=1S/C23H24F3N3O3/c1-14-9-15(2)11-18(10-14)27-21(31)22(32)28-19(13-29-8-4-7-20(29)30)16-5-3-6-17(12-16)23(24,25)26/h3,5-6,9-12,19H,4,7-8,13H2,1-2H3,(H,27,31)(H,28,32). The molecule has 1 atom stereocenters. The van der Waals surface area contributed by atoms with Gasteiger partial charge in [0.1, 0.15) is 0 Å². The van der Waals surface area contributed by atoms with E-state index in [9.17, 15) is 27.6 Å². The maximum absolute atomic E-state index is 13.2. The van der Waals surface area contributed by atoms with E-state index in [1.807, 2.05) is 19.9 Å². The Hall–Kier alpha value is -3.36. The number of hydrogen-bond acceptors (Lipinski definition) is 3. The van der Waals surface area contributed by atoms with Crippen molar-refractivity contribution in [2.75, 3.05) is 18.4 Å². The molecule has 0 saturated carbocycles. The monoisotopic (exact) mass is 447 g/mol. The topological polar surface area (TPSA) is 78.5 Å². The smallest absolute Gasteiger partial charge is 0.340 e. The number of halogens is 3. The van der Waals surface area contributed by atoms with Crippen molar-refractivity contribution in [2.24, 2.45) is 0 Å². The molecule has 0 bridgehead atoms. The molecule has 1 saturated heterocycles. The fraction of sp³-hybridized carbons (Fsp3) is 0.348. The summed E-state index contributed by atoms with van der Waals surface area (Å²) in [5.74, 6) is -2.09. The molecule has 1 fully saturated rings. The van der Waals surface area contributed by atoms with Gasteiger partial charge in [0.2, 0.25) is 5.91 Å². The highest BCUT2D eigenvalue weighted by Gasteiger charge is 2.32. The van der Waals surface area contributed by atoms with E-state index in [0.717, 1.165) is 23.3 Å². The third-order valence-electron chi connectivity index (χ3n) is 5.18. The molecule has 3 rings (SSSR count). The van der Waals surface area contributed by atoms with Crippen LogP contribution >= 0.6 is 0 Å². The largest absolute Gasteiger partial charge is 0.416 e. The number of amides is 3. The van der Waals surface area contributed by atoms with Crippen LogP contribution in [-0.2, 0) is 20.6 Å². The molecule has 2 N–H and O–H groups in total. The molecule has 0 radical (unpaired) electrons. The first-order valence-corrected chi connectivity index (χ1v) is 10.2. The highest BCUT2D eigenvalue weighted by molar-refractivity contribution is 6.39. The number of benzene rings is 2. The number of rotatable bonds is 5. The highest BCUT2D eigenvalue weighted by Crippen LogP contribution is 2.31. The lowest BCUT2D eigenvalue weighted by atomic mass is 10.0. The molecule has 1 heterocycles. The zero-order valence-corrected chi connectivity index (χ0v) is 17.8. The van der Waals surface area contributed by atoms with Crippen molar-refractivity contribution in [3.63, 3.8) is 0 Å². The summed E-state index contributed by atoms with van der Waals surface area (Å²) in [7, 11) is 0. The van der Waals surface area contributed by atoms with Crippen molar-refractivity contribution in [3.05, 3.63) is 64.7 Å². The van der Waals surface area contributed by atoms with Gasteiger partial charge < -0.3 is 15.5 Å². The maximum atomic E-state index is 13.2. The Morgan fingerprint density at radius 1 is 1.06 bits per heavy atom. The zero-order valence-electron chi connectivity index (χ0n) is 17.8. The van der Waals surface area contributed by atoms with Crippen LogP contribution < -0.4 is 10.6 Å². The molecule has 0 aromatic heterocycles. The van der Waals surface area contributed by atoms with E-state index < -0.39 is 29.6 Å². The number of aryl methyl sites for hydroxylation is 2. The number of anilines is 1. The maximum Gasteiger partial charge on any atom is 0.416 e. The molecule has 0 spiro atoms. The van der Waals surface area contributed by atoms with E-state index in [4.69, 9.17) is 0 Å². The number of likely N-dealkylation sites (tertiary alicyclic amines) is 1. The number of nitrogens with zero attached hydrogens (tertiary/aromatic N) is 1. The molecule has 2 aromatic carbocycles. The molecule has 6 nitrogen and oxygen atoms in total. The third-order valence-corrected chi connectivity index (χ3v) is 5.18. The molecule has 3 amide bonds. The van der Waals surface area contributed by atoms with Crippen molar-refractivity contribution in [1.29, 1.82) is 0 Å². The van der Waals surface area contributed by atoms with Crippen molar-refractivity contribution >= 4 is 23.4 Å². The summed E-state index contributed by atoms with van der Waals surface area (Å²) in [4.78, 5) is 38.6. The van der Waals surface area contributed by atoms with Gasteiger partial charge in [0.05, 0.1) is 11.6 Å². The Morgan fingerprint density at radius 2 is 1.75 bits per heavy atom. The minimum absolute atomic E-state index is 0.0251. The summed E-state index contributed by atoms with van der Waals surface area (Å²) in [6.45, 7) is 4.11. The fourth-order valence-corrected chi connectivity index (χ4v) is 3.74. The Labute approximate surface area is 183 Å². The summed E-state index contributed by atoms with van der Waals surface area (Å²) < 4.78 is 39.5. The molecular weight excluding hydrogens is 423 g/mol. The van der Waals surface area contributed by atoms with Crippen LogP contribution in [0.5, 0.6) is 0 Å². The van der Waals surface area contributed by atoms with Crippen LogP contribution in [0, 0.1) is 13.8 Å². The molecule has 1 unspecified atom stereocenters. The first kappa shape index (κ1) is 23.3. The second-order valence-corrected chi connectivity index (χ2v) is 7.92. The quantitative estimate of drug-likeness (QED) is 0.686. The minimum atomic E-state index is -4.56. The van der Waals surface area contributed by atoms with Crippen LogP contribution in [0.4, 0.5) is 18.9 Å². The second kappa shape index (κ2) is 9.42. The number of hydrogen-bond donors (Lipinski definition) is 2. The molecule has 2 aromatic rings. The van der Waals surface area contributed by atoms with Crippen LogP contribution in [-0.4, -0.2) is 35.7 Å². The highest BCUT2D eigenvalue weighted by atomic mass is 19.4. The van der Waals surface area contributed by atoms with Gasteiger partial charge in [0.15, 0.2) is 0 Å². The van der Waals surface area contributed by atoms with E-state index in [-0.39, 0.29) is 18.0 Å². The lowest BCUT2D eigenvalue weighted by Crippen LogP contribution is -2.43. The lowest BCUT2D eigenvalue weighted by molar-refractivity contribution is -0.138. The molecular formula is C23H24F3N3O3. The van der Waals surface area contributed by atoms with Crippen molar-refractivity contribution < 1.29 is 27.6 Å². The van der Waals surface area contributed by atoms with Crippen molar-refractivity contribution in [3.8, 4) is 0 Å². The molecule has 1 aliphatic heterocycles. The number of nitrogens with one attached hydrogen (secondary N) is 2. The van der Waals surface area contributed by atoms with Gasteiger partial charge in [-0.25, -0.2) is 0 Å². The third kappa shape index (κ3) is 5.87. The Kier molecular flexibility index (Phi) is 6.86. The van der Waals surface area contributed by atoms with E-state index in [1.54, 1.807) is 12.1 Å². The Balaban J connectivity index is 1.81. The first-order chi connectivity index (χ1) is 15.0. The predicted octanol–water partition coefficient (Wildman–Crippen LogP) is 3.74. The summed E-state index contributed by atoms with van der Waals surface area (Å²) >= 11 is 0. The zero-order chi connectivity index (χ0) is 23.5.